The quantitative estimate of drug-likeness (QED) is 0.440. The first-order valence-electron chi connectivity index (χ1n) is 13.5. The number of nitrogens with one attached hydrogen (secondary N) is 2. The molecule has 5 rings (SSSR count). The van der Waals surface area contributed by atoms with Crippen molar-refractivity contribution in [3.05, 3.63) is 71.2 Å². The van der Waals surface area contributed by atoms with Crippen LogP contribution in [0, 0.1) is 18.7 Å². The molecule has 1 aliphatic carbocycles. The van der Waals surface area contributed by atoms with Crippen molar-refractivity contribution in [3.63, 3.8) is 0 Å². The maximum absolute atomic E-state index is 13.9. The highest BCUT2D eigenvalue weighted by Crippen LogP contribution is 2.37. The number of fused-ring (bicyclic) bond motifs is 1. The van der Waals surface area contributed by atoms with Crippen molar-refractivity contribution in [1.82, 2.24) is 15.2 Å². The van der Waals surface area contributed by atoms with Crippen LogP contribution in [0.2, 0.25) is 0 Å². The molecule has 1 unspecified atom stereocenters. The Morgan fingerprint density at radius 1 is 1.08 bits per heavy atom. The maximum Gasteiger partial charge on any atom is 0.234 e. The number of benzene rings is 2. The molecular formula is C30H37FN4O2. The number of aromatic nitrogens is 1. The Kier molecular flexibility index (Phi) is 7.60. The third-order valence-electron chi connectivity index (χ3n) is 8.47. The van der Waals surface area contributed by atoms with Gasteiger partial charge in [-0.25, -0.2) is 4.39 Å². The summed E-state index contributed by atoms with van der Waals surface area (Å²) in [6, 6.07) is 13.3. The molecular weight excluding hydrogens is 467 g/mol. The highest BCUT2D eigenvalue weighted by atomic mass is 19.1. The molecule has 2 aliphatic rings. The van der Waals surface area contributed by atoms with E-state index >= 15 is 0 Å². The Hall–Kier alpha value is -3.19. The van der Waals surface area contributed by atoms with Gasteiger partial charge in [-0.05, 0) is 86.1 Å². The number of carbonyl (C=O) groups excluding carboxylic acids is 2. The molecule has 1 atom stereocenters. The minimum Gasteiger partial charge on any atom is -0.368 e. The molecule has 0 spiro atoms. The van der Waals surface area contributed by atoms with E-state index in [1.807, 2.05) is 11.0 Å². The van der Waals surface area contributed by atoms with E-state index in [4.69, 9.17) is 5.73 Å². The zero-order valence-corrected chi connectivity index (χ0v) is 21.5. The second-order valence-corrected chi connectivity index (χ2v) is 10.9. The molecule has 0 radical (unpaired) electrons. The van der Waals surface area contributed by atoms with Gasteiger partial charge >= 0.3 is 0 Å². The van der Waals surface area contributed by atoms with Crippen molar-refractivity contribution in [3.8, 4) is 0 Å². The van der Waals surface area contributed by atoms with Crippen LogP contribution in [0.25, 0.3) is 10.9 Å². The van der Waals surface area contributed by atoms with Gasteiger partial charge in [0.05, 0.1) is 12.5 Å². The van der Waals surface area contributed by atoms with Gasteiger partial charge in [0.15, 0.2) is 0 Å². The van der Waals surface area contributed by atoms with Crippen LogP contribution in [0.15, 0.2) is 48.7 Å². The predicted molar refractivity (Wildman–Crippen MR) is 144 cm³/mol. The van der Waals surface area contributed by atoms with Crippen molar-refractivity contribution in [2.75, 3.05) is 13.1 Å². The molecule has 37 heavy (non-hydrogen) atoms. The number of halogens is 1. The molecule has 4 N–H and O–H groups in total. The Morgan fingerprint density at radius 3 is 2.51 bits per heavy atom. The summed E-state index contributed by atoms with van der Waals surface area (Å²) in [7, 11) is 0. The van der Waals surface area contributed by atoms with E-state index in [0.29, 0.717) is 30.1 Å². The lowest BCUT2D eigenvalue weighted by molar-refractivity contribution is -0.132. The standard InChI is InChI=1S/C30H37FN4O2/c1-19-6-7-20(16-26(19)31)17-28(36)35-14-12-22(13-15-35)29(30(32)37)34-23-10-8-21(9-11-23)25-18-33-27-5-3-2-4-24(25)27/h2-7,16,18,21-23,29,33-34H,8-15,17H2,1H3,(H2,32,37). The molecule has 2 aromatic carbocycles. The third-order valence-corrected chi connectivity index (χ3v) is 8.47. The summed E-state index contributed by atoms with van der Waals surface area (Å²) in [6.45, 7) is 2.90. The Balaban J connectivity index is 1.12. The van der Waals surface area contributed by atoms with Crippen molar-refractivity contribution in [1.29, 1.82) is 0 Å². The largest absolute Gasteiger partial charge is 0.368 e. The number of piperidine rings is 1. The smallest absolute Gasteiger partial charge is 0.234 e. The number of rotatable bonds is 7. The van der Waals surface area contributed by atoms with E-state index < -0.39 is 0 Å². The molecule has 2 amide bonds. The van der Waals surface area contributed by atoms with Gasteiger partial charge in [0.2, 0.25) is 11.8 Å². The fraction of sp³-hybridized carbons (Fsp3) is 0.467. The molecule has 1 saturated carbocycles. The predicted octanol–water partition coefficient (Wildman–Crippen LogP) is 4.57. The molecule has 1 saturated heterocycles. The molecule has 7 heteroatoms. The number of para-hydroxylation sites is 1. The maximum atomic E-state index is 13.9. The molecule has 3 aromatic rings. The van der Waals surface area contributed by atoms with Gasteiger partial charge in [-0.3, -0.25) is 9.59 Å². The summed E-state index contributed by atoms with van der Waals surface area (Å²) >= 11 is 0. The fourth-order valence-corrected chi connectivity index (χ4v) is 6.22. The van der Waals surface area contributed by atoms with Gasteiger partial charge in [0, 0.05) is 36.2 Å². The van der Waals surface area contributed by atoms with Crippen LogP contribution >= 0.6 is 0 Å². The minimum atomic E-state index is -0.377. The van der Waals surface area contributed by atoms with E-state index in [1.54, 1.807) is 13.0 Å². The van der Waals surface area contributed by atoms with Crippen LogP contribution in [-0.4, -0.2) is 46.9 Å². The number of nitrogens with two attached hydrogens (primary N) is 1. The van der Waals surface area contributed by atoms with E-state index in [-0.39, 0.29) is 42.1 Å². The number of aryl methyl sites for hydroxylation is 1. The Labute approximate surface area is 217 Å². The first-order chi connectivity index (χ1) is 17.9. The normalized spacial score (nSPS) is 21.7. The number of aromatic amines is 1. The zero-order chi connectivity index (χ0) is 25.9. The summed E-state index contributed by atoms with van der Waals surface area (Å²) in [5.74, 6) is 0.0524. The molecule has 1 aromatic heterocycles. The number of amides is 2. The van der Waals surface area contributed by atoms with Crippen molar-refractivity contribution in [2.45, 2.75) is 69.9 Å². The van der Waals surface area contributed by atoms with Crippen LogP contribution in [-0.2, 0) is 16.0 Å². The number of hydrogen-bond donors (Lipinski definition) is 3. The minimum absolute atomic E-state index is 0.000824. The van der Waals surface area contributed by atoms with Crippen molar-refractivity contribution < 1.29 is 14.0 Å². The molecule has 1 aliphatic heterocycles. The monoisotopic (exact) mass is 504 g/mol. The van der Waals surface area contributed by atoms with Crippen LogP contribution < -0.4 is 11.1 Å². The van der Waals surface area contributed by atoms with Gasteiger partial charge in [0.1, 0.15) is 5.82 Å². The van der Waals surface area contributed by atoms with Gasteiger partial charge in [-0.2, -0.15) is 0 Å². The number of H-pyrrole nitrogens is 1. The summed E-state index contributed by atoms with van der Waals surface area (Å²) < 4.78 is 13.9. The van der Waals surface area contributed by atoms with E-state index in [0.717, 1.165) is 38.5 Å². The first-order valence-corrected chi connectivity index (χ1v) is 13.5. The highest BCUT2D eigenvalue weighted by molar-refractivity contribution is 5.83. The second kappa shape index (κ2) is 11.1. The average Bonchev–Trinajstić information content (AvgIpc) is 3.34. The molecule has 0 bridgehead atoms. The van der Waals surface area contributed by atoms with Crippen LogP contribution in [0.5, 0.6) is 0 Å². The lowest BCUT2D eigenvalue weighted by Crippen LogP contribution is -2.54. The average molecular weight is 505 g/mol. The number of likely N-dealkylation sites (tertiary alicyclic amines) is 1. The summed E-state index contributed by atoms with van der Waals surface area (Å²) in [5, 5.41) is 4.90. The number of hydrogen-bond acceptors (Lipinski definition) is 3. The van der Waals surface area contributed by atoms with E-state index in [9.17, 15) is 14.0 Å². The van der Waals surface area contributed by atoms with Crippen LogP contribution in [0.1, 0.15) is 61.1 Å². The van der Waals surface area contributed by atoms with Crippen LogP contribution in [0.3, 0.4) is 0 Å². The first kappa shape index (κ1) is 25.5. The fourth-order valence-electron chi connectivity index (χ4n) is 6.22. The number of primary amides is 1. The van der Waals surface area contributed by atoms with Crippen LogP contribution in [0.4, 0.5) is 4.39 Å². The van der Waals surface area contributed by atoms with Gasteiger partial charge in [-0.15, -0.1) is 0 Å². The summed E-state index contributed by atoms with van der Waals surface area (Å²) in [5.41, 5.74) is 9.70. The topological polar surface area (TPSA) is 91.2 Å². The summed E-state index contributed by atoms with van der Waals surface area (Å²) in [4.78, 5) is 30.4. The van der Waals surface area contributed by atoms with Gasteiger partial charge in [0.25, 0.3) is 0 Å². The number of carbonyl (C=O) groups is 2. The summed E-state index contributed by atoms with van der Waals surface area (Å²) in [6.07, 6.45) is 8.00. The van der Waals surface area contributed by atoms with Crippen molar-refractivity contribution >= 4 is 22.7 Å². The lowest BCUT2D eigenvalue weighted by Gasteiger charge is -2.38. The van der Waals surface area contributed by atoms with E-state index in [1.165, 1.54) is 22.5 Å². The third kappa shape index (κ3) is 5.72. The Bertz CT molecular complexity index is 1260. The van der Waals surface area contributed by atoms with Crippen molar-refractivity contribution in [2.24, 2.45) is 11.7 Å². The number of nitrogens with zero attached hydrogens (tertiary/aromatic N) is 1. The highest BCUT2D eigenvalue weighted by Gasteiger charge is 2.34. The van der Waals surface area contributed by atoms with E-state index in [2.05, 4.69) is 40.8 Å². The zero-order valence-electron chi connectivity index (χ0n) is 21.5. The molecule has 2 heterocycles. The second-order valence-electron chi connectivity index (χ2n) is 10.9. The SMILES string of the molecule is Cc1ccc(CC(=O)N2CCC(C(NC3CCC(c4c[nH]c5ccccc45)CC3)C(N)=O)CC2)cc1F. The van der Waals surface area contributed by atoms with Gasteiger partial charge < -0.3 is 20.9 Å². The molecule has 6 nitrogen and oxygen atoms in total. The van der Waals surface area contributed by atoms with Gasteiger partial charge in [-0.1, -0.05) is 30.3 Å². The lowest BCUT2D eigenvalue weighted by atomic mass is 9.80. The molecule has 196 valence electrons. The Morgan fingerprint density at radius 2 is 1.81 bits per heavy atom. The molecule has 2 fully saturated rings.